The quantitative estimate of drug-likeness (QED) is 0.577. The van der Waals surface area contributed by atoms with Crippen molar-refractivity contribution in [1.82, 2.24) is 0 Å². The number of aliphatic hydroxyl groups is 2. The lowest BCUT2D eigenvalue weighted by molar-refractivity contribution is -0.163. The van der Waals surface area contributed by atoms with Gasteiger partial charge < -0.3 is 14.9 Å². The molecule has 5 nitrogen and oxygen atoms in total. The minimum Gasteiger partial charge on any atom is -0.455 e. The lowest BCUT2D eigenvalue weighted by Crippen LogP contribution is -2.55. The molecule has 2 unspecified atom stereocenters. The molecule has 2 fully saturated rings. The number of aliphatic hydroxyl groups excluding tert-OH is 1. The van der Waals surface area contributed by atoms with Gasteiger partial charge in [-0.1, -0.05) is 18.6 Å². The lowest BCUT2D eigenvalue weighted by Gasteiger charge is -2.35. The first kappa shape index (κ1) is 17.2. The molecule has 1 aliphatic heterocycles. The summed E-state index contributed by atoms with van der Waals surface area (Å²) >= 11 is 0. The van der Waals surface area contributed by atoms with Crippen LogP contribution in [0.1, 0.15) is 52.9 Å². The van der Waals surface area contributed by atoms with Gasteiger partial charge in [-0.25, -0.2) is 0 Å². The molecule has 124 valence electrons. The van der Waals surface area contributed by atoms with Crippen LogP contribution in [0.4, 0.5) is 0 Å². The number of allylic oxidation sites excluding steroid dienone is 2. The second-order valence-corrected chi connectivity index (χ2v) is 6.92. The topological polar surface area (TPSA) is 83.8 Å². The van der Waals surface area contributed by atoms with Crippen LogP contribution in [-0.2, 0) is 14.3 Å². The Kier molecular flexibility index (Phi) is 4.78. The van der Waals surface area contributed by atoms with Crippen molar-refractivity contribution >= 4 is 11.8 Å². The summed E-state index contributed by atoms with van der Waals surface area (Å²) in [6.07, 6.45) is 4.83. The summed E-state index contributed by atoms with van der Waals surface area (Å²) in [7, 11) is 0. The van der Waals surface area contributed by atoms with E-state index in [1.54, 1.807) is 6.92 Å². The molecule has 0 radical (unpaired) electrons. The van der Waals surface area contributed by atoms with Gasteiger partial charge in [-0.2, -0.15) is 0 Å². The van der Waals surface area contributed by atoms with Crippen molar-refractivity contribution in [3.8, 4) is 0 Å². The molecule has 1 saturated carbocycles. The second kappa shape index (κ2) is 6.13. The van der Waals surface area contributed by atoms with Crippen molar-refractivity contribution in [3.05, 3.63) is 11.6 Å². The zero-order valence-electron chi connectivity index (χ0n) is 13.6. The Balaban J connectivity index is 2.10. The molecule has 2 N–H and O–H groups in total. The van der Waals surface area contributed by atoms with E-state index in [2.05, 4.69) is 0 Å². The summed E-state index contributed by atoms with van der Waals surface area (Å²) in [5, 5.41) is 19.7. The van der Waals surface area contributed by atoms with Gasteiger partial charge in [0.2, 0.25) is 0 Å². The van der Waals surface area contributed by atoms with Gasteiger partial charge in [-0.15, -0.1) is 0 Å². The van der Waals surface area contributed by atoms with E-state index in [-0.39, 0.29) is 24.7 Å². The summed E-state index contributed by atoms with van der Waals surface area (Å²) in [4.78, 5) is 24.4. The molecule has 0 spiro atoms. The Hall–Kier alpha value is -1.20. The maximum Gasteiger partial charge on any atom is 0.313 e. The highest BCUT2D eigenvalue weighted by molar-refractivity contribution is 6.00. The summed E-state index contributed by atoms with van der Waals surface area (Å²) in [5.41, 5.74) is -1.68. The molecule has 2 rings (SSSR count). The van der Waals surface area contributed by atoms with Gasteiger partial charge in [-0.3, -0.25) is 9.59 Å². The summed E-state index contributed by atoms with van der Waals surface area (Å²) < 4.78 is 5.44. The minimum atomic E-state index is -1.68. The molecular formula is C17H26O5. The second-order valence-electron chi connectivity index (χ2n) is 6.92. The van der Waals surface area contributed by atoms with E-state index in [1.165, 1.54) is 0 Å². The van der Waals surface area contributed by atoms with Crippen LogP contribution in [0, 0.1) is 11.8 Å². The number of Topliss-reactive ketones (excluding diaryl/α,β-unsaturated/α-hetero) is 1. The highest BCUT2D eigenvalue weighted by atomic mass is 16.6. The molecule has 0 amide bonds. The lowest BCUT2D eigenvalue weighted by atomic mass is 9.75. The average molecular weight is 310 g/mol. The van der Waals surface area contributed by atoms with Gasteiger partial charge in [0, 0.05) is 13.0 Å². The van der Waals surface area contributed by atoms with Crippen LogP contribution in [0.25, 0.3) is 0 Å². The van der Waals surface area contributed by atoms with Crippen molar-refractivity contribution in [2.24, 2.45) is 11.8 Å². The molecular weight excluding hydrogens is 284 g/mol. The summed E-state index contributed by atoms with van der Waals surface area (Å²) in [6, 6.07) is 0. The predicted molar refractivity (Wildman–Crippen MR) is 81.0 cm³/mol. The van der Waals surface area contributed by atoms with E-state index >= 15 is 0 Å². The van der Waals surface area contributed by atoms with Crippen LogP contribution in [0.2, 0.25) is 0 Å². The van der Waals surface area contributed by atoms with E-state index in [4.69, 9.17) is 9.84 Å². The van der Waals surface area contributed by atoms with Gasteiger partial charge in [0.15, 0.2) is 11.4 Å². The van der Waals surface area contributed by atoms with Gasteiger partial charge in [0.05, 0.1) is 5.92 Å². The van der Waals surface area contributed by atoms with Gasteiger partial charge in [0.25, 0.3) is 0 Å². The average Bonchev–Trinajstić information content (AvgIpc) is 2.79. The third-order valence-corrected chi connectivity index (χ3v) is 5.18. The number of cyclic esters (lactones) is 1. The van der Waals surface area contributed by atoms with Crippen LogP contribution in [0.5, 0.6) is 0 Å². The maximum absolute atomic E-state index is 12.3. The minimum absolute atomic E-state index is 0.161. The largest absolute Gasteiger partial charge is 0.455 e. The Bertz CT molecular complexity index is 497. The normalized spacial score (nSPS) is 38.3. The summed E-state index contributed by atoms with van der Waals surface area (Å²) in [5.74, 6) is -1.64. The number of carbonyl (C=O) groups excluding carboxylic acids is 2. The van der Waals surface area contributed by atoms with Crippen LogP contribution in [-0.4, -0.2) is 39.8 Å². The monoisotopic (exact) mass is 310 g/mol. The van der Waals surface area contributed by atoms with Crippen molar-refractivity contribution in [2.75, 3.05) is 6.61 Å². The van der Waals surface area contributed by atoms with Crippen molar-refractivity contribution in [1.29, 1.82) is 0 Å². The van der Waals surface area contributed by atoms with E-state index in [0.717, 1.165) is 18.4 Å². The molecule has 0 aromatic rings. The zero-order valence-corrected chi connectivity index (χ0v) is 13.6. The molecule has 22 heavy (non-hydrogen) atoms. The first-order valence-corrected chi connectivity index (χ1v) is 8.01. The van der Waals surface area contributed by atoms with Crippen LogP contribution in [0.15, 0.2) is 11.6 Å². The molecule has 0 bridgehead atoms. The van der Waals surface area contributed by atoms with Crippen LogP contribution >= 0.6 is 0 Å². The third-order valence-electron chi connectivity index (χ3n) is 5.18. The fourth-order valence-electron chi connectivity index (χ4n) is 3.84. The number of carbonyl (C=O) groups is 2. The first-order valence-electron chi connectivity index (χ1n) is 8.01. The number of hydrogen-bond acceptors (Lipinski definition) is 5. The Morgan fingerprint density at radius 2 is 2.14 bits per heavy atom. The molecule has 1 saturated heterocycles. The van der Waals surface area contributed by atoms with E-state index in [9.17, 15) is 14.7 Å². The molecule has 0 aromatic carbocycles. The van der Waals surface area contributed by atoms with Crippen LogP contribution in [0.3, 0.4) is 0 Å². The number of rotatable bonds is 6. The van der Waals surface area contributed by atoms with Crippen molar-refractivity contribution in [2.45, 2.75) is 64.1 Å². The van der Waals surface area contributed by atoms with E-state index in [0.29, 0.717) is 12.8 Å². The standard InChI is InChI=1S/C17H26O5/c1-11(7-5-9-18)6-4-8-16(3)17(21)13(19)10-12(2)14(17)15(20)22-16/h6,12,14,18,21H,4-5,7-10H2,1-3H3/b11-6+/t12?,14-,16?,17+/m1/s1. The number of fused-ring (bicyclic) bond motifs is 1. The Morgan fingerprint density at radius 1 is 1.45 bits per heavy atom. The smallest absolute Gasteiger partial charge is 0.313 e. The Labute approximate surface area is 131 Å². The fourth-order valence-corrected chi connectivity index (χ4v) is 3.84. The molecule has 1 aliphatic carbocycles. The number of ketones is 1. The highest BCUT2D eigenvalue weighted by Crippen LogP contribution is 2.53. The third kappa shape index (κ3) is 2.61. The SMILES string of the molecule is C/C(=C\CCC1(C)OC(=O)[C@H]2C(C)CC(=O)[C@]21O)CCCO. The molecule has 5 heteroatoms. The van der Waals surface area contributed by atoms with E-state index in [1.807, 2.05) is 19.9 Å². The molecule has 1 heterocycles. The van der Waals surface area contributed by atoms with Crippen molar-refractivity contribution in [3.63, 3.8) is 0 Å². The van der Waals surface area contributed by atoms with Gasteiger partial charge in [0.1, 0.15) is 5.60 Å². The summed E-state index contributed by atoms with van der Waals surface area (Å²) in [6.45, 7) is 5.62. The maximum atomic E-state index is 12.3. The first-order chi connectivity index (χ1) is 10.3. The number of esters is 1. The molecule has 2 aliphatic rings. The zero-order chi connectivity index (χ0) is 16.5. The van der Waals surface area contributed by atoms with Gasteiger partial charge >= 0.3 is 5.97 Å². The van der Waals surface area contributed by atoms with Gasteiger partial charge in [-0.05, 0) is 45.4 Å². The number of ether oxygens (including phenoxy) is 1. The fraction of sp³-hybridized carbons (Fsp3) is 0.765. The van der Waals surface area contributed by atoms with E-state index < -0.39 is 23.1 Å². The highest BCUT2D eigenvalue weighted by Gasteiger charge is 2.71. The number of hydrogen-bond donors (Lipinski definition) is 2. The molecule has 4 atom stereocenters. The molecule has 0 aromatic heterocycles. The predicted octanol–water partition coefficient (Wildman–Crippen LogP) is 1.76. The van der Waals surface area contributed by atoms with Crippen LogP contribution < -0.4 is 0 Å². The Morgan fingerprint density at radius 3 is 2.77 bits per heavy atom. The van der Waals surface area contributed by atoms with Crippen molar-refractivity contribution < 1.29 is 24.5 Å².